The fourth-order valence-electron chi connectivity index (χ4n) is 2.29. The lowest BCUT2D eigenvalue weighted by molar-refractivity contribution is -0.115. The maximum atomic E-state index is 12.3. The molecule has 0 aliphatic carbocycles. The molecule has 3 N–H and O–H groups in total. The summed E-state index contributed by atoms with van der Waals surface area (Å²) in [5.74, 6) is 0.230. The summed E-state index contributed by atoms with van der Waals surface area (Å²) in [6, 6.07) is 8.03. The van der Waals surface area contributed by atoms with E-state index in [4.69, 9.17) is 32.7 Å². The SMILES string of the molecule is COc1cc(NC(=O)CNc2cc(Cl)ccc2NC(C)=O)c(OC)cc1Cl. The lowest BCUT2D eigenvalue weighted by Gasteiger charge is -2.15. The van der Waals surface area contributed by atoms with Crippen molar-refractivity contribution >= 4 is 52.1 Å². The minimum Gasteiger partial charge on any atom is -0.495 e. The molecule has 0 radical (unpaired) electrons. The highest BCUT2D eigenvalue weighted by Crippen LogP contribution is 2.35. The number of carbonyl (C=O) groups is 2. The zero-order chi connectivity index (χ0) is 20.0. The average Bonchev–Trinajstić information content (AvgIpc) is 2.62. The number of hydrogen-bond acceptors (Lipinski definition) is 5. The van der Waals surface area contributed by atoms with Crippen molar-refractivity contribution in [2.75, 3.05) is 36.7 Å². The van der Waals surface area contributed by atoms with E-state index in [9.17, 15) is 9.59 Å². The molecule has 0 saturated carbocycles. The van der Waals surface area contributed by atoms with Gasteiger partial charge in [-0.1, -0.05) is 23.2 Å². The normalized spacial score (nSPS) is 10.1. The largest absolute Gasteiger partial charge is 0.495 e. The Bertz CT molecular complexity index is 859. The number of ether oxygens (including phenoxy) is 2. The van der Waals surface area contributed by atoms with Crippen molar-refractivity contribution in [3.63, 3.8) is 0 Å². The van der Waals surface area contributed by atoms with Crippen LogP contribution in [-0.2, 0) is 9.59 Å². The van der Waals surface area contributed by atoms with Gasteiger partial charge in [-0.25, -0.2) is 0 Å². The highest BCUT2D eigenvalue weighted by molar-refractivity contribution is 6.32. The summed E-state index contributed by atoms with van der Waals surface area (Å²) >= 11 is 12.0. The molecule has 0 saturated heterocycles. The molecule has 2 amide bonds. The van der Waals surface area contributed by atoms with Crippen LogP contribution in [0, 0.1) is 0 Å². The van der Waals surface area contributed by atoms with Gasteiger partial charge in [0, 0.05) is 24.1 Å². The zero-order valence-electron chi connectivity index (χ0n) is 15.0. The first-order chi connectivity index (χ1) is 12.8. The van der Waals surface area contributed by atoms with Gasteiger partial charge in [0.05, 0.1) is 42.8 Å². The summed E-state index contributed by atoms with van der Waals surface area (Å²) < 4.78 is 10.4. The molecule has 0 heterocycles. The molecule has 0 fully saturated rings. The van der Waals surface area contributed by atoms with E-state index in [-0.39, 0.29) is 18.4 Å². The molecule has 144 valence electrons. The van der Waals surface area contributed by atoms with Crippen LogP contribution in [-0.4, -0.2) is 32.6 Å². The molecular weight excluding hydrogens is 393 g/mol. The lowest BCUT2D eigenvalue weighted by Crippen LogP contribution is -2.22. The fraction of sp³-hybridized carbons (Fsp3) is 0.222. The highest BCUT2D eigenvalue weighted by Gasteiger charge is 2.13. The summed E-state index contributed by atoms with van der Waals surface area (Å²) in [4.78, 5) is 23.6. The van der Waals surface area contributed by atoms with Crippen LogP contribution in [0.3, 0.4) is 0 Å². The first-order valence-corrected chi connectivity index (χ1v) is 8.62. The number of nitrogens with one attached hydrogen (secondary N) is 3. The van der Waals surface area contributed by atoms with E-state index in [1.54, 1.807) is 30.3 Å². The molecule has 0 aliphatic rings. The van der Waals surface area contributed by atoms with Gasteiger partial charge in [-0.05, 0) is 18.2 Å². The van der Waals surface area contributed by atoms with Crippen LogP contribution in [0.4, 0.5) is 17.1 Å². The number of carbonyl (C=O) groups excluding carboxylic acids is 2. The fourth-order valence-corrected chi connectivity index (χ4v) is 2.69. The number of anilines is 3. The summed E-state index contributed by atoms with van der Waals surface area (Å²) in [5, 5.41) is 9.18. The molecular formula is C18H19Cl2N3O4. The van der Waals surface area contributed by atoms with Crippen LogP contribution in [0.1, 0.15) is 6.92 Å². The summed E-state index contributed by atoms with van der Waals surface area (Å²) in [5.41, 5.74) is 1.46. The van der Waals surface area contributed by atoms with Crippen molar-refractivity contribution in [1.82, 2.24) is 0 Å². The van der Waals surface area contributed by atoms with Crippen LogP contribution in [0.2, 0.25) is 10.0 Å². The summed E-state index contributed by atoms with van der Waals surface area (Å²) in [6.07, 6.45) is 0. The minimum absolute atomic E-state index is 0.0684. The molecule has 9 heteroatoms. The van der Waals surface area contributed by atoms with E-state index in [0.717, 1.165) is 0 Å². The Balaban J connectivity index is 2.11. The van der Waals surface area contributed by atoms with Gasteiger partial charge in [-0.2, -0.15) is 0 Å². The molecule has 2 aromatic rings. The Hall–Kier alpha value is -2.64. The second-order valence-corrected chi connectivity index (χ2v) is 6.30. The van der Waals surface area contributed by atoms with Crippen LogP contribution < -0.4 is 25.4 Å². The Morgan fingerprint density at radius 2 is 1.63 bits per heavy atom. The maximum absolute atomic E-state index is 12.3. The van der Waals surface area contributed by atoms with Crippen molar-refractivity contribution in [2.45, 2.75) is 6.92 Å². The smallest absolute Gasteiger partial charge is 0.243 e. The third-order valence-corrected chi connectivity index (χ3v) is 4.01. The Kier molecular flexibility index (Phi) is 7.15. The van der Waals surface area contributed by atoms with E-state index in [2.05, 4.69) is 16.0 Å². The predicted octanol–water partition coefficient (Wildman–Crippen LogP) is 4.02. The van der Waals surface area contributed by atoms with Crippen molar-refractivity contribution in [2.24, 2.45) is 0 Å². The summed E-state index contributed by atoms with van der Waals surface area (Å²) in [7, 11) is 2.95. The van der Waals surface area contributed by atoms with Crippen molar-refractivity contribution < 1.29 is 19.1 Å². The maximum Gasteiger partial charge on any atom is 0.243 e. The number of halogens is 2. The minimum atomic E-state index is -0.341. The molecule has 0 atom stereocenters. The molecule has 0 spiro atoms. The molecule has 0 aromatic heterocycles. The van der Waals surface area contributed by atoms with Gasteiger partial charge in [0.15, 0.2) is 0 Å². The van der Waals surface area contributed by atoms with Gasteiger partial charge in [0.2, 0.25) is 11.8 Å². The first-order valence-electron chi connectivity index (χ1n) is 7.86. The number of methoxy groups -OCH3 is 2. The highest BCUT2D eigenvalue weighted by atomic mass is 35.5. The van der Waals surface area contributed by atoms with E-state index >= 15 is 0 Å². The number of rotatable bonds is 7. The average molecular weight is 412 g/mol. The van der Waals surface area contributed by atoms with Gasteiger partial charge in [-0.3, -0.25) is 9.59 Å². The van der Waals surface area contributed by atoms with E-state index in [1.807, 2.05) is 0 Å². The van der Waals surface area contributed by atoms with Crippen LogP contribution in [0.25, 0.3) is 0 Å². The lowest BCUT2D eigenvalue weighted by atomic mass is 10.2. The van der Waals surface area contributed by atoms with Crippen LogP contribution >= 0.6 is 23.2 Å². The number of benzene rings is 2. The Morgan fingerprint density at radius 1 is 0.926 bits per heavy atom. The molecule has 7 nitrogen and oxygen atoms in total. The molecule has 2 aromatic carbocycles. The second-order valence-electron chi connectivity index (χ2n) is 5.46. The van der Waals surface area contributed by atoms with Gasteiger partial charge < -0.3 is 25.4 Å². The van der Waals surface area contributed by atoms with E-state index in [1.165, 1.54) is 21.1 Å². The van der Waals surface area contributed by atoms with E-state index in [0.29, 0.717) is 38.6 Å². The Morgan fingerprint density at radius 3 is 2.26 bits per heavy atom. The van der Waals surface area contributed by atoms with E-state index < -0.39 is 0 Å². The van der Waals surface area contributed by atoms with Gasteiger partial charge in [0.1, 0.15) is 11.5 Å². The standard InChI is InChI=1S/C18H19Cl2N3O4/c1-10(24)22-13-5-4-11(19)6-14(13)21-9-18(25)23-15-8-16(26-2)12(20)7-17(15)27-3/h4-8,21H,9H2,1-3H3,(H,22,24)(H,23,25). The van der Waals surface area contributed by atoms with Gasteiger partial charge >= 0.3 is 0 Å². The summed E-state index contributed by atoms with van der Waals surface area (Å²) in [6.45, 7) is 1.33. The second kappa shape index (κ2) is 9.34. The van der Waals surface area contributed by atoms with Crippen molar-refractivity contribution in [3.8, 4) is 11.5 Å². The van der Waals surface area contributed by atoms with Crippen LogP contribution in [0.15, 0.2) is 30.3 Å². The first kappa shape index (κ1) is 20.7. The molecule has 0 aliphatic heterocycles. The molecule has 0 unspecified atom stereocenters. The Labute approximate surface area is 166 Å². The molecule has 2 rings (SSSR count). The van der Waals surface area contributed by atoms with Gasteiger partial charge in [-0.15, -0.1) is 0 Å². The van der Waals surface area contributed by atoms with Crippen LogP contribution in [0.5, 0.6) is 11.5 Å². The number of hydrogen-bond donors (Lipinski definition) is 3. The van der Waals surface area contributed by atoms with Crippen molar-refractivity contribution in [3.05, 3.63) is 40.4 Å². The molecule has 0 bridgehead atoms. The predicted molar refractivity (Wildman–Crippen MR) is 107 cm³/mol. The van der Waals surface area contributed by atoms with Crippen molar-refractivity contribution in [1.29, 1.82) is 0 Å². The quantitative estimate of drug-likeness (QED) is 0.640. The monoisotopic (exact) mass is 411 g/mol. The molecule has 27 heavy (non-hydrogen) atoms. The third-order valence-electron chi connectivity index (χ3n) is 3.48. The zero-order valence-corrected chi connectivity index (χ0v) is 16.5. The third kappa shape index (κ3) is 5.67. The topological polar surface area (TPSA) is 88.7 Å². The van der Waals surface area contributed by atoms with Gasteiger partial charge in [0.25, 0.3) is 0 Å². The number of amides is 2.